The minimum absolute atomic E-state index is 0.121. The van der Waals surface area contributed by atoms with Gasteiger partial charge in [0.25, 0.3) is 5.91 Å². The predicted octanol–water partition coefficient (Wildman–Crippen LogP) is 6.27. The first-order valence-corrected chi connectivity index (χ1v) is 15.1. The Bertz CT molecular complexity index is 2190. The summed E-state index contributed by atoms with van der Waals surface area (Å²) in [5.41, 5.74) is 9.62. The number of phenols is 1. The molecule has 236 valence electrons. The average molecular weight is 637 g/mol. The molecule has 47 heavy (non-hydrogen) atoms. The second kappa shape index (κ2) is 10.7. The van der Waals surface area contributed by atoms with Crippen LogP contribution in [0.15, 0.2) is 79.3 Å². The van der Waals surface area contributed by atoms with Gasteiger partial charge in [0.2, 0.25) is 0 Å². The van der Waals surface area contributed by atoms with Crippen molar-refractivity contribution in [2.24, 2.45) is 0 Å². The number of pyridine rings is 2. The van der Waals surface area contributed by atoms with Crippen LogP contribution in [0.2, 0.25) is 0 Å². The van der Waals surface area contributed by atoms with Gasteiger partial charge in [0.1, 0.15) is 17.1 Å². The Balaban J connectivity index is 1.16. The van der Waals surface area contributed by atoms with Crippen LogP contribution in [0, 0.1) is 0 Å². The second-order valence-corrected chi connectivity index (χ2v) is 11.9. The van der Waals surface area contributed by atoms with Gasteiger partial charge in [-0.1, -0.05) is 6.07 Å². The first-order chi connectivity index (χ1) is 22.7. The lowest BCUT2D eigenvalue weighted by Gasteiger charge is -2.18. The van der Waals surface area contributed by atoms with E-state index in [-0.39, 0.29) is 17.0 Å². The maximum absolute atomic E-state index is 13.7. The predicted molar refractivity (Wildman–Crippen MR) is 167 cm³/mol. The third kappa shape index (κ3) is 5.03. The second-order valence-electron chi connectivity index (χ2n) is 11.9. The van der Waals surface area contributed by atoms with Gasteiger partial charge in [-0.25, -0.2) is 19.6 Å². The van der Waals surface area contributed by atoms with Crippen LogP contribution in [0.4, 0.5) is 19.0 Å². The summed E-state index contributed by atoms with van der Waals surface area (Å²) >= 11 is 0. The van der Waals surface area contributed by atoms with E-state index in [0.717, 1.165) is 22.9 Å². The number of nitrogens with zero attached hydrogens (tertiary/aromatic N) is 6. The van der Waals surface area contributed by atoms with E-state index < -0.39 is 29.4 Å². The number of aryl methyl sites for hydroxylation is 1. The summed E-state index contributed by atoms with van der Waals surface area (Å²) in [7, 11) is 0. The van der Waals surface area contributed by atoms with E-state index in [0.29, 0.717) is 59.9 Å². The minimum atomic E-state index is -4.79. The van der Waals surface area contributed by atoms with Crippen molar-refractivity contribution in [2.75, 3.05) is 5.73 Å². The molecular formula is C34H27F3N8O2. The number of aromatic nitrogens is 6. The van der Waals surface area contributed by atoms with E-state index in [1.165, 1.54) is 6.07 Å². The summed E-state index contributed by atoms with van der Waals surface area (Å²) in [6.45, 7) is 0. The standard InChI is InChI=1S/C34H27F3N8O2/c35-34(36,37)25-17-20(16-24(29(25)46)18-4-5-18)33(47)42-26-9-6-19-15-21(7-8-22(19)26)45-31(23-3-1-12-39-30(23)38)41-27-10-11-28(43-32(27)45)44-14-2-13-40-44/h1-3,7-8,10-18,26,46H,4-6,9H2,(H2,38,39)(H,42,47)/t26-/m0/s1. The molecule has 1 atom stereocenters. The molecule has 4 aromatic heterocycles. The Kier molecular flexibility index (Phi) is 6.53. The summed E-state index contributed by atoms with van der Waals surface area (Å²) in [5.74, 6) is -0.117. The van der Waals surface area contributed by atoms with Crippen LogP contribution >= 0.6 is 0 Å². The van der Waals surface area contributed by atoms with Crippen molar-refractivity contribution >= 4 is 22.9 Å². The van der Waals surface area contributed by atoms with E-state index in [9.17, 15) is 23.1 Å². The van der Waals surface area contributed by atoms with Crippen molar-refractivity contribution in [3.63, 3.8) is 0 Å². The fraction of sp³-hybridized carbons (Fsp3) is 0.206. The van der Waals surface area contributed by atoms with Gasteiger partial charge in [0, 0.05) is 29.8 Å². The Hall–Kier alpha value is -5.72. The number of halogens is 3. The maximum Gasteiger partial charge on any atom is 0.419 e. The molecule has 10 nitrogen and oxygen atoms in total. The van der Waals surface area contributed by atoms with E-state index in [4.69, 9.17) is 15.7 Å². The summed E-state index contributed by atoms with van der Waals surface area (Å²) < 4.78 is 44.8. The molecule has 1 saturated carbocycles. The van der Waals surface area contributed by atoms with Gasteiger partial charge in [-0.2, -0.15) is 18.3 Å². The molecule has 0 aliphatic heterocycles. The molecule has 1 fully saturated rings. The van der Waals surface area contributed by atoms with Crippen LogP contribution in [0.5, 0.6) is 5.75 Å². The number of anilines is 1. The first-order valence-electron chi connectivity index (χ1n) is 15.1. The van der Waals surface area contributed by atoms with E-state index in [1.54, 1.807) is 29.3 Å². The normalized spacial score (nSPS) is 16.0. The molecule has 1 amide bonds. The van der Waals surface area contributed by atoms with Crippen LogP contribution in [0.1, 0.15) is 63.8 Å². The highest BCUT2D eigenvalue weighted by Gasteiger charge is 2.39. The molecule has 0 bridgehead atoms. The number of hydrogen-bond donors (Lipinski definition) is 3. The third-order valence-electron chi connectivity index (χ3n) is 8.80. The monoisotopic (exact) mass is 636 g/mol. The van der Waals surface area contributed by atoms with Crippen molar-refractivity contribution in [2.45, 2.75) is 43.8 Å². The first kappa shape index (κ1) is 28.7. The van der Waals surface area contributed by atoms with Gasteiger partial charge in [-0.3, -0.25) is 9.36 Å². The molecule has 2 aliphatic carbocycles. The molecule has 4 heterocycles. The van der Waals surface area contributed by atoms with Crippen molar-refractivity contribution in [1.82, 2.24) is 34.6 Å². The van der Waals surface area contributed by atoms with Crippen LogP contribution in [0.3, 0.4) is 0 Å². The topological polar surface area (TPSA) is 137 Å². The summed E-state index contributed by atoms with van der Waals surface area (Å²) in [6, 6.07) is 16.7. The zero-order valence-electron chi connectivity index (χ0n) is 24.7. The number of carbonyl (C=O) groups excluding carboxylic acids is 1. The number of hydrogen-bond acceptors (Lipinski definition) is 7. The number of imidazole rings is 1. The van der Waals surface area contributed by atoms with Crippen LogP contribution < -0.4 is 11.1 Å². The van der Waals surface area contributed by atoms with E-state index in [1.807, 2.05) is 47.0 Å². The van der Waals surface area contributed by atoms with Gasteiger partial charge < -0.3 is 16.2 Å². The van der Waals surface area contributed by atoms with Gasteiger partial charge in [-0.15, -0.1) is 0 Å². The maximum atomic E-state index is 13.7. The van der Waals surface area contributed by atoms with Crippen LogP contribution in [0.25, 0.3) is 34.1 Å². The Morgan fingerprint density at radius 1 is 0.979 bits per heavy atom. The van der Waals surface area contributed by atoms with Gasteiger partial charge in [0.15, 0.2) is 17.3 Å². The molecule has 0 radical (unpaired) electrons. The van der Waals surface area contributed by atoms with Crippen LogP contribution in [-0.4, -0.2) is 40.3 Å². The highest BCUT2D eigenvalue weighted by atomic mass is 19.4. The fourth-order valence-electron chi connectivity index (χ4n) is 6.36. The van der Waals surface area contributed by atoms with Crippen LogP contribution in [-0.2, 0) is 12.6 Å². The number of carbonyl (C=O) groups is 1. The Morgan fingerprint density at radius 2 is 1.83 bits per heavy atom. The molecule has 0 unspecified atom stereocenters. The fourth-order valence-corrected chi connectivity index (χ4v) is 6.36. The van der Waals surface area contributed by atoms with Gasteiger partial charge in [0.05, 0.1) is 17.2 Å². The number of aromatic hydroxyl groups is 1. The Labute approximate surface area is 265 Å². The highest BCUT2D eigenvalue weighted by molar-refractivity contribution is 5.95. The molecule has 2 aromatic carbocycles. The molecule has 2 aliphatic rings. The molecule has 0 saturated heterocycles. The number of nitrogens with two attached hydrogens (primary N) is 1. The summed E-state index contributed by atoms with van der Waals surface area (Å²) in [6.07, 6.45) is 2.85. The van der Waals surface area contributed by atoms with Crippen molar-refractivity contribution in [1.29, 1.82) is 0 Å². The van der Waals surface area contributed by atoms with E-state index >= 15 is 0 Å². The molecule has 13 heteroatoms. The highest BCUT2D eigenvalue weighted by Crippen LogP contribution is 2.48. The number of rotatable bonds is 6. The zero-order chi connectivity index (χ0) is 32.4. The summed E-state index contributed by atoms with van der Waals surface area (Å²) in [4.78, 5) is 27.4. The van der Waals surface area contributed by atoms with Crippen molar-refractivity contribution in [3.8, 4) is 28.6 Å². The number of benzene rings is 2. The number of nitrogen functional groups attached to an aromatic ring is 1. The van der Waals surface area contributed by atoms with Gasteiger partial charge in [-0.05, 0) is 103 Å². The molecule has 0 spiro atoms. The molecule has 8 rings (SSSR count). The lowest BCUT2D eigenvalue weighted by molar-refractivity contribution is -0.138. The molecule has 6 aromatic rings. The molecular weight excluding hydrogens is 609 g/mol. The zero-order valence-corrected chi connectivity index (χ0v) is 24.7. The van der Waals surface area contributed by atoms with E-state index in [2.05, 4.69) is 15.4 Å². The Morgan fingerprint density at radius 3 is 2.57 bits per heavy atom. The number of alkyl halides is 3. The van der Waals surface area contributed by atoms with Gasteiger partial charge >= 0.3 is 6.18 Å². The number of phenolic OH excluding ortho intramolecular Hbond substituents is 1. The van der Waals surface area contributed by atoms with Crippen molar-refractivity contribution in [3.05, 3.63) is 107 Å². The largest absolute Gasteiger partial charge is 0.507 e. The SMILES string of the molecule is Nc1ncccc1-c1nc2ccc(-n3cccn3)nc2n1-c1ccc2c(c1)CC[C@@H]2NC(=O)c1cc(C2CC2)c(O)c(C(F)(F)F)c1. The third-order valence-corrected chi connectivity index (χ3v) is 8.80. The lowest BCUT2D eigenvalue weighted by atomic mass is 9.99. The number of amides is 1. The quantitative estimate of drug-likeness (QED) is 0.196. The smallest absolute Gasteiger partial charge is 0.419 e. The minimum Gasteiger partial charge on any atom is -0.507 e. The number of fused-ring (bicyclic) bond motifs is 2. The lowest BCUT2D eigenvalue weighted by Crippen LogP contribution is -2.27. The summed E-state index contributed by atoms with van der Waals surface area (Å²) in [5, 5.41) is 17.6. The average Bonchev–Trinajstić information content (AvgIpc) is 3.41. The van der Waals surface area contributed by atoms with Crippen molar-refractivity contribution < 1.29 is 23.1 Å². The molecule has 4 N–H and O–H groups in total. The number of nitrogens with one attached hydrogen (secondary N) is 1.